The zero-order valence-corrected chi connectivity index (χ0v) is 12.1. The van der Waals surface area contributed by atoms with Crippen LogP contribution in [0.3, 0.4) is 0 Å². The molecule has 8 heteroatoms. The summed E-state index contributed by atoms with van der Waals surface area (Å²) in [4.78, 5) is 28.6. The number of carbonyl (C=O) groups excluding carboxylic acids is 1. The second kappa shape index (κ2) is 6.66. The van der Waals surface area contributed by atoms with Crippen LogP contribution in [0.2, 0.25) is 0 Å². The van der Waals surface area contributed by atoms with Crippen molar-refractivity contribution in [3.8, 4) is 0 Å². The largest absolute Gasteiger partial charge is 0.479 e. The van der Waals surface area contributed by atoms with Crippen molar-refractivity contribution in [1.82, 2.24) is 15.0 Å². The van der Waals surface area contributed by atoms with Crippen molar-refractivity contribution in [3.05, 3.63) is 11.7 Å². The van der Waals surface area contributed by atoms with Crippen LogP contribution in [0.4, 0.5) is 0 Å². The van der Waals surface area contributed by atoms with Gasteiger partial charge >= 0.3 is 5.97 Å². The summed E-state index contributed by atoms with van der Waals surface area (Å²) in [6.07, 6.45) is -0.377. The number of aliphatic carboxylic acids is 1. The van der Waals surface area contributed by atoms with Crippen LogP contribution in [-0.4, -0.2) is 57.8 Å². The summed E-state index contributed by atoms with van der Waals surface area (Å²) in [6.45, 7) is 4.64. The number of aryl methyl sites for hydroxylation is 1. The number of morpholine rings is 1. The summed E-state index contributed by atoms with van der Waals surface area (Å²) in [5, 5.41) is 12.7. The van der Waals surface area contributed by atoms with Gasteiger partial charge in [-0.3, -0.25) is 4.79 Å². The minimum Gasteiger partial charge on any atom is -0.479 e. The normalized spacial score (nSPS) is 19.0. The van der Waals surface area contributed by atoms with Gasteiger partial charge in [0.05, 0.1) is 13.2 Å². The molecule has 0 aliphatic carbocycles. The average molecular weight is 297 g/mol. The number of hydrogen-bond acceptors (Lipinski definition) is 6. The minimum atomic E-state index is -1.05. The second-order valence-corrected chi connectivity index (χ2v) is 5.24. The number of aromatic nitrogens is 2. The third-order valence-electron chi connectivity index (χ3n) is 3.25. The Labute approximate surface area is 122 Å². The van der Waals surface area contributed by atoms with E-state index in [1.54, 1.807) is 0 Å². The molecule has 1 N–H and O–H groups in total. The summed E-state index contributed by atoms with van der Waals surface area (Å²) in [6, 6.07) is 0. The third-order valence-corrected chi connectivity index (χ3v) is 3.25. The number of carboxylic acids is 1. The molecule has 8 nitrogen and oxygen atoms in total. The highest BCUT2D eigenvalue weighted by Gasteiger charge is 2.28. The number of ether oxygens (including phenoxy) is 1. The molecule has 1 atom stereocenters. The number of rotatable bonds is 5. The van der Waals surface area contributed by atoms with Crippen LogP contribution >= 0.6 is 0 Å². The fourth-order valence-corrected chi connectivity index (χ4v) is 2.00. The number of carboxylic acid groups (broad SMARTS) is 1. The summed E-state index contributed by atoms with van der Waals surface area (Å²) >= 11 is 0. The first kappa shape index (κ1) is 15.4. The second-order valence-electron chi connectivity index (χ2n) is 5.24. The van der Waals surface area contributed by atoms with Crippen LogP contribution in [0, 0.1) is 0 Å². The van der Waals surface area contributed by atoms with Crippen LogP contribution in [0.25, 0.3) is 0 Å². The van der Waals surface area contributed by atoms with Crippen molar-refractivity contribution >= 4 is 11.9 Å². The minimum absolute atomic E-state index is 0.0786. The summed E-state index contributed by atoms with van der Waals surface area (Å²) in [7, 11) is 0. The maximum absolute atomic E-state index is 12.1. The van der Waals surface area contributed by atoms with E-state index in [1.807, 2.05) is 13.8 Å². The Kier molecular flexibility index (Phi) is 4.89. The van der Waals surface area contributed by atoms with E-state index in [9.17, 15) is 9.59 Å². The van der Waals surface area contributed by atoms with E-state index >= 15 is 0 Å². The Morgan fingerprint density at radius 2 is 2.24 bits per heavy atom. The fourth-order valence-electron chi connectivity index (χ4n) is 2.00. The molecule has 0 aromatic carbocycles. The van der Waals surface area contributed by atoms with Gasteiger partial charge in [0.15, 0.2) is 11.9 Å². The van der Waals surface area contributed by atoms with E-state index < -0.39 is 12.1 Å². The number of amides is 1. The van der Waals surface area contributed by atoms with Gasteiger partial charge in [0.25, 0.3) is 0 Å². The molecule has 116 valence electrons. The van der Waals surface area contributed by atoms with Gasteiger partial charge in [-0.05, 0) is 0 Å². The lowest BCUT2D eigenvalue weighted by molar-refractivity contribution is -0.159. The summed E-state index contributed by atoms with van der Waals surface area (Å²) in [5.74, 6) is 0.0402. The highest BCUT2D eigenvalue weighted by molar-refractivity contribution is 5.78. The lowest BCUT2D eigenvalue weighted by Gasteiger charge is -2.30. The van der Waals surface area contributed by atoms with Gasteiger partial charge in [0, 0.05) is 25.3 Å². The quantitative estimate of drug-likeness (QED) is 0.840. The standard InChI is InChI=1S/C13H19N3O5/c1-8(2)12-14-10(21-15-12)3-4-11(17)16-5-6-20-9(7-16)13(18)19/h8-9H,3-7H2,1-2H3,(H,18,19). The highest BCUT2D eigenvalue weighted by atomic mass is 16.5. The zero-order chi connectivity index (χ0) is 15.4. The van der Waals surface area contributed by atoms with E-state index in [0.717, 1.165) is 0 Å². The topological polar surface area (TPSA) is 106 Å². The van der Waals surface area contributed by atoms with Gasteiger partial charge in [0.2, 0.25) is 11.8 Å². The van der Waals surface area contributed by atoms with E-state index in [4.69, 9.17) is 14.4 Å². The third kappa shape index (κ3) is 4.01. The van der Waals surface area contributed by atoms with E-state index in [2.05, 4.69) is 10.1 Å². The Balaban J connectivity index is 1.84. The molecule has 1 aliphatic heterocycles. The molecule has 1 fully saturated rings. The van der Waals surface area contributed by atoms with E-state index in [0.29, 0.717) is 24.7 Å². The smallest absolute Gasteiger partial charge is 0.334 e. The van der Waals surface area contributed by atoms with E-state index in [-0.39, 0.29) is 31.4 Å². The average Bonchev–Trinajstić information content (AvgIpc) is 2.94. The Morgan fingerprint density at radius 3 is 2.86 bits per heavy atom. The maximum atomic E-state index is 12.1. The van der Waals surface area contributed by atoms with Gasteiger partial charge < -0.3 is 19.3 Å². The van der Waals surface area contributed by atoms with Gasteiger partial charge in [-0.2, -0.15) is 4.98 Å². The number of hydrogen-bond donors (Lipinski definition) is 1. The first-order valence-corrected chi connectivity index (χ1v) is 6.92. The molecule has 0 bridgehead atoms. The molecule has 1 amide bonds. The molecule has 1 unspecified atom stereocenters. The van der Waals surface area contributed by atoms with Gasteiger partial charge in [-0.25, -0.2) is 4.79 Å². The SMILES string of the molecule is CC(C)c1noc(CCC(=O)N2CCOC(C(=O)O)C2)n1. The highest BCUT2D eigenvalue weighted by Crippen LogP contribution is 2.12. The van der Waals surface area contributed by atoms with Gasteiger partial charge in [-0.15, -0.1) is 0 Å². The summed E-state index contributed by atoms with van der Waals surface area (Å²) in [5.41, 5.74) is 0. The number of nitrogens with zero attached hydrogens (tertiary/aromatic N) is 3. The van der Waals surface area contributed by atoms with Crippen molar-refractivity contribution in [2.45, 2.75) is 38.7 Å². The molecule has 1 aromatic rings. The molecular formula is C13H19N3O5. The molecule has 1 aromatic heterocycles. The maximum Gasteiger partial charge on any atom is 0.334 e. The predicted molar refractivity (Wildman–Crippen MR) is 70.7 cm³/mol. The molecule has 0 spiro atoms. The number of carbonyl (C=O) groups is 2. The molecular weight excluding hydrogens is 278 g/mol. The Hall–Kier alpha value is -1.96. The van der Waals surface area contributed by atoms with E-state index in [1.165, 1.54) is 4.90 Å². The van der Waals surface area contributed by atoms with Gasteiger partial charge in [-0.1, -0.05) is 19.0 Å². The van der Waals surface area contributed by atoms with Crippen molar-refractivity contribution in [1.29, 1.82) is 0 Å². The first-order valence-electron chi connectivity index (χ1n) is 6.92. The monoisotopic (exact) mass is 297 g/mol. The van der Waals surface area contributed by atoms with Crippen molar-refractivity contribution < 1.29 is 24.0 Å². The molecule has 2 rings (SSSR count). The Bertz CT molecular complexity index is 514. The van der Waals surface area contributed by atoms with Crippen molar-refractivity contribution in [3.63, 3.8) is 0 Å². The molecule has 0 radical (unpaired) electrons. The van der Waals surface area contributed by atoms with Crippen LogP contribution in [0.1, 0.15) is 37.9 Å². The van der Waals surface area contributed by atoms with Gasteiger partial charge in [0.1, 0.15) is 0 Å². The molecule has 21 heavy (non-hydrogen) atoms. The molecule has 0 saturated carbocycles. The lowest BCUT2D eigenvalue weighted by atomic mass is 10.2. The molecule has 1 aliphatic rings. The Morgan fingerprint density at radius 1 is 1.48 bits per heavy atom. The van der Waals surface area contributed by atoms with Crippen LogP contribution in [0.15, 0.2) is 4.52 Å². The van der Waals surface area contributed by atoms with Crippen LogP contribution < -0.4 is 0 Å². The van der Waals surface area contributed by atoms with Crippen molar-refractivity contribution in [2.75, 3.05) is 19.7 Å². The van der Waals surface area contributed by atoms with Crippen LogP contribution in [-0.2, 0) is 20.7 Å². The fraction of sp³-hybridized carbons (Fsp3) is 0.692. The van der Waals surface area contributed by atoms with Crippen molar-refractivity contribution in [2.24, 2.45) is 0 Å². The zero-order valence-electron chi connectivity index (χ0n) is 12.1. The molecule has 1 saturated heterocycles. The lowest BCUT2D eigenvalue weighted by Crippen LogP contribution is -2.48. The summed E-state index contributed by atoms with van der Waals surface area (Å²) < 4.78 is 10.2. The first-order chi connectivity index (χ1) is 9.97. The molecule has 2 heterocycles. The van der Waals surface area contributed by atoms with Crippen LogP contribution in [0.5, 0.6) is 0 Å². The predicted octanol–water partition coefficient (Wildman–Crippen LogP) is 0.438.